The number of pyridine rings is 1. The molecule has 4 nitrogen and oxygen atoms in total. The van der Waals surface area contributed by atoms with E-state index in [4.69, 9.17) is 4.42 Å². The molecule has 1 N–H and O–H groups in total. The van der Waals surface area contributed by atoms with Gasteiger partial charge in [-0.1, -0.05) is 6.07 Å². The summed E-state index contributed by atoms with van der Waals surface area (Å²) in [7, 11) is 0. The Labute approximate surface area is 126 Å². The van der Waals surface area contributed by atoms with Crippen molar-refractivity contribution in [3.63, 3.8) is 0 Å². The van der Waals surface area contributed by atoms with Gasteiger partial charge >= 0.3 is 0 Å². The van der Waals surface area contributed by atoms with Crippen molar-refractivity contribution in [1.29, 1.82) is 0 Å². The summed E-state index contributed by atoms with van der Waals surface area (Å²) in [5.74, 6) is 0.582. The van der Waals surface area contributed by atoms with Crippen LogP contribution in [-0.2, 0) is 6.54 Å². The van der Waals surface area contributed by atoms with E-state index < -0.39 is 0 Å². The van der Waals surface area contributed by atoms with Crippen molar-refractivity contribution < 1.29 is 9.21 Å². The average molecular weight is 298 g/mol. The van der Waals surface area contributed by atoms with Crippen LogP contribution in [0.4, 0.5) is 0 Å². The lowest BCUT2D eigenvalue weighted by Crippen LogP contribution is -2.23. The Morgan fingerprint density at radius 3 is 2.86 bits per heavy atom. The second-order valence-electron chi connectivity index (χ2n) is 4.57. The van der Waals surface area contributed by atoms with Gasteiger partial charge in [0.2, 0.25) is 0 Å². The summed E-state index contributed by atoms with van der Waals surface area (Å²) in [4.78, 5) is 17.8. The van der Waals surface area contributed by atoms with Crippen LogP contribution in [0.1, 0.15) is 21.8 Å². The van der Waals surface area contributed by atoms with Crippen LogP contribution in [0.15, 0.2) is 52.5 Å². The van der Waals surface area contributed by atoms with Crippen LogP contribution in [0.25, 0.3) is 10.6 Å². The number of furan rings is 1. The van der Waals surface area contributed by atoms with Gasteiger partial charge in [0.25, 0.3) is 5.91 Å². The largest absolute Gasteiger partial charge is 0.467 e. The first kappa shape index (κ1) is 13.6. The van der Waals surface area contributed by atoms with E-state index in [1.807, 2.05) is 42.6 Å². The van der Waals surface area contributed by atoms with E-state index in [0.717, 1.165) is 22.0 Å². The molecule has 3 heterocycles. The number of aryl methyl sites for hydroxylation is 1. The number of hydrogen-bond acceptors (Lipinski definition) is 4. The Kier molecular flexibility index (Phi) is 3.83. The molecule has 5 heteroatoms. The molecule has 3 aromatic heterocycles. The highest BCUT2D eigenvalue weighted by Gasteiger charge is 2.12. The van der Waals surface area contributed by atoms with Crippen LogP contribution in [-0.4, -0.2) is 10.9 Å². The first-order chi connectivity index (χ1) is 10.2. The first-order valence-corrected chi connectivity index (χ1v) is 7.44. The number of amides is 1. The minimum Gasteiger partial charge on any atom is -0.467 e. The van der Waals surface area contributed by atoms with Crippen LogP contribution in [0.3, 0.4) is 0 Å². The normalized spacial score (nSPS) is 10.5. The molecule has 0 bridgehead atoms. The van der Waals surface area contributed by atoms with Gasteiger partial charge in [-0.2, -0.15) is 0 Å². The number of carbonyl (C=O) groups excluding carboxylic acids is 1. The van der Waals surface area contributed by atoms with E-state index in [-0.39, 0.29) is 5.91 Å². The van der Waals surface area contributed by atoms with Crippen molar-refractivity contribution in [2.24, 2.45) is 0 Å². The lowest BCUT2D eigenvalue weighted by atomic mass is 10.1. The molecule has 106 valence electrons. The number of nitrogens with one attached hydrogen (secondary N) is 1. The van der Waals surface area contributed by atoms with E-state index in [9.17, 15) is 4.79 Å². The van der Waals surface area contributed by atoms with Crippen LogP contribution >= 0.6 is 11.3 Å². The van der Waals surface area contributed by atoms with Crippen LogP contribution in [0, 0.1) is 6.92 Å². The molecule has 0 saturated carbocycles. The van der Waals surface area contributed by atoms with Gasteiger partial charge in [0, 0.05) is 0 Å². The monoisotopic (exact) mass is 298 g/mol. The number of nitrogens with zero attached hydrogens (tertiary/aromatic N) is 1. The summed E-state index contributed by atoms with van der Waals surface area (Å²) in [6, 6.07) is 11.3. The molecule has 0 aromatic carbocycles. The molecule has 0 unspecified atom stereocenters. The number of thiophene rings is 1. The molecule has 21 heavy (non-hydrogen) atoms. The molecule has 0 saturated heterocycles. The molecule has 1 amide bonds. The van der Waals surface area contributed by atoms with Crippen LogP contribution in [0.5, 0.6) is 0 Å². The van der Waals surface area contributed by atoms with Gasteiger partial charge in [-0.25, -0.2) is 0 Å². The maximum atomic E-state index is 12.2. The molecule has 0 aliphatic rings. The zero-order valence-corrected chi connectivity index (χ0v) is 12.3. The average Bonchev–Trinajstić information content (AvgIpc) is 3.18. The van der Waals surface area contributed by atoms with E-state index >= 15 is 0 Å². The number of carbonyl (C=O) groups is 1. The standard InChI is InChI=1S/C16H14N2O2S/c1-11-13(16(19)17-10-12-4-2-8-20-12)6-7-14(18-11)15-5-3-9-21-15/h2-9H,10H2,1H3,(H,17,19). The second kappa shape index (κ2) is 5.93. The molecule has 0 fully saturated rings. The van der Waals surface area contributed by atoms with Gasteiger partial charge in [0.05, 0.1) is 34.6 Å². The fourth-order valence-corrected chi connectivity index (χ4v) is 2.73. The second-order valence-corrected chi connectivity index (χ2v) is 5.52. The molecule has 0 aliphatic heterocycles. The third kappa shape index (κ3) is 3.03. The molecule has 0 spiro atoms. The molecular weight excluding hydrogens is 284 g/mol. The maximum absolute atomic E-state index is 12.2. The van der Waals surface area contributed by atoms with E-state index in [0.29, 0.717) is 12.1 Å². The van der Waals surface area contributed by atoms with Crippen molar-refractivity contribution >= 4 is 17.2 Å². The maximum Gasteiger partial charge on any atom is 0.253 e. The summed E-state index contributed by atoms with van der Waals surface area (Å²) in [6.07, 6.45) is 1.59. The number of aromatic nitrogens is 1. The fourth-order valence-electron chi connectivity index (χ4n) is 2.04. The SMILES string of the molecule is Cc1nc(-c2cccs2)ccc1C(=O)NCc1ccco1. The quantitative estimate of drug-likeness (QED) is 0.800. The third-order valence-corrected chi connectivity index (χ3v) is 4.00. The van der Waals surface area contributed by atoms with Gasteiger partial charge < -0.3 is 9.73 Å². The summed E-state index contributed by atoms with van der Waals surface area (Å²) < 4.78 is 5.19. The lowest BCUT2D eigenvalue weighted by Gasteiger charge is -2.07. The van der Waals surface area contributed by atoms with E-state index in [1.165, 1.54) is 0 Å². The highest BCUT2D eigenvalue weighted by atomic mass is 32.1. The summed E-state index contributed by atoms with van der Waals surface area (Å²) in [6.45, 7) is 2.22. The van der Waals surface area contributed by atoms with E-state index in [1.54, 1.807) is 23.7 Å². The van der Waals surface area contributed by atoms with Crippen molar-refractivity contribution in [2.45, 2.75) is 13.5 Å². The van der Waals surface area contributed by atoms with Gasteiger partial charge in [-0.3, -0.25) is 9.78 Å². The van der Waals surface area contributed by atoms with Gasteiger partial charge in [0.1, 0.15) is 5.76 Å². The lowest BCUT2D eigenvalue weighted by molar-refractivity contribution is 0.0947. The number of hydrogen-bond donors (Lipinski definition) is 1. The fraction of sp³-hybridized carbons (Fsp3) is 0.125. The van der Waals surface area contributed by atoms with Gasteiger partial charge in [-0.05, 0) is 42.6 Å². The summed E-state index contributed by atoms with van der Waals surface area (Å²) in [5.41, 5.74) is 2.20. The van der Waals surface area contributed by atoms with Crippen molar-refractivity contribution in [3.05, 3.63) is 65.1 Å². The van der Waals surface area contributed by atoms with Gasteiger partial charge in [-0.15, -0.1) is 11.3 Å². The Balaban J connectivity index is 1.74. The van der Waals surface area contributed by atoms with Crippen LogP contribution in [0.2, 0.25) is 0 Å². The Bertz CT molecular complexity index is 734. The Hall–Kier alpha value is -2.40. The Morgan fingerprint density at radius 2 is 2.19 bits per heavy atom. The number of rotatable bonds is 4. The highest BCUT2D eigenvalue weighted by Crippen LogP contribution is 2.23. The zero-order valence-electron chi connectivity index (χ0n) is 11.5. The minimum atomic E-state index is -0.144. The van der Waals surface area contributed by atoms with Crippen molar-refractivity contribution in [2.75, 3.05) is 0 Å². The Morgan fingerprint density at radius 1 is 1.29 bits per heavy atom. The third-order valence-electron chi connectivity index (χ3n) is 3.11. The molecule has 0 aliphatic carbocycles. The highest BCUT2D eigenvalue weighted by molar-refractivity contribution is 7.13. The minimum absolute atomic E-state index is 0.144. The smallest absolute Gasteiger partial charge is 0.253 e. The molecular formula is C16H14N2O2S. The van der Waals surface area contributed by atoms with Crippen LogP contribution < -0.4 is 5.32 Å². The van der Waals surface area contributed by atoms with Crippen molar-refractivity contribution in [1.82, 2.24) is 10.3 Å². The predicted molar refractivity (Wildman–Crippen MR) is 82.2 cm³/mol. The summed E-state index contributed by atoms with van der Waals surface area (Å²) in [5, 5.41) is 4.84. The summed E-state index contributed by atoms with van der Waals surface area (Å²) >= 11 is 1.63. The molecule has 0 atom stereocenters. The molecule has 3 aromatic rings. The van der Waals surface area contributed by atoms with Crippen molar-refractivity contribution in [3.8, 4) is 10.6 Å². The topological polar surface area (TPSA) is 55.1 Å². The molecule has 3 rings (SSSR count). The van der Waals surface area contributed by atoms with Gasteiger partial charge in [0.15, 0.2) is 0 Å². The predicted octanol–water partition coefficient (Wildman–Crippen LogP) is 3.64. The zero-order chi connectivity index (χ0) is 14.7. The van der Waals surface area contributed by atoms with E-state index in [2.05, 4.69) is 10.3 Å². The first-order valence-electron chi connectivity index (χ1n) is 6.56. The molecule has 0 radical (unpaired) electrons.